The number of hydrogen-bond acceptors (Lipinski definition) is 4. The normalized spacial score (nSPS) is 11.8. The first-order valence-electron chi connectivity index (χ1n) is 5.07. The van der Waals surface area contributed by atoms with Gasteiger partial charge in [0.1, 0.15) is 6.04 Å². The van der Waals surface area contributed by atoms with Crippen molar-refractivity contribution in [1.82, 2.24) is 10.3 Å². The Kier molecular flexibility index (Phi) is 5.09. The first-order valence-corrected chi connectivity index (χ1v) is 5.07. The molecule has 0 fully saturated rings. The summed E-state index contributed by atoms with van der Waals surface area (Å²) in [5.74, 6) is -1.54. The van der Waals surface area contributed by atoms with E-state index >= 15 is 0 Å². The highest BCUT2D eigenvalue weighted by Gasteiger charge is 2.20. The Hall–Kier alpha value is -1.95. The van der Waals surface area contributed by atoms with E-state index in [1.54, 1.807) is 12.1 Å². The highest BCUT2D eigenvalue weighted by Crippen LogP contribution is 1.99. The van der Waals surface area contributed by atoms with E-state index in [-0.39, 0.29) is 13.0 Å². The molecule has 0 bridgehead atoms. The molecule has 1 rings (SSSR count). The van der Waals surface area contributed by atoms with Crippen molar-refractivity contribution in [3.8, 4) is 0 Å². The van der Waals surface area contributed by atoms with Gasteiger partial charge in [0.05, 0.1) is 5.56 Å². The number of carbonyl (C=O) groups excluding carboxylic acids is 1. The molecular weight excluding hydrogens is 224 g/mol. The molecule has 6 heteroatoms. The molecule has 1 aromatic rings. The Balaban J connectivity index is 2.61. The fraction of sp³-hybridized carbons (Fsp3) is 0.364. The maximum atomic E-state index is 11.7. The number of ether oxygens (including phenoxy) is 1. The average molecular weight is 238 g/mol. The minimum atomic E-state index is -1.08. The molecule has 1 atom stereocenters. The lowest BCUT2D eigenvalue weighted by molar-refractivity contribution is -0.139. The number of amides is 1. The van der Waals surface area contributed by atoms with Crippen LogP contribution >= 0.6 is 0 Å². The predicted octanol–water partition coefficient (Wildman–Crippen LogP) is 0.301. The summed E-state index contributed by atoms with van der Waals surface area (Å²) in [7, 11) is 1.47. The monoisotopic (exact) mass is 238 g/mol. The smallest absolute Gasteiger partial charge is 0.326 e. The minimum absolute atomic E-state index is 0.220. The molecule has 17 heavy (non-hydrogen) atoms. The average Bonchev–Trinajstić information content (AvgIpc) is 2.35. The topological polar surface area (TPSA) is 88.5 Å². The van der Waals surface area contributed by atoms with Crippen LogP contribution in [0.25, 0.3) is 0 Å². The van der Waals surface area contributed by atoms with E-state index in [4.69, 9.17) is 9.84 Å². The van der Waals surface area contributed by atoms with Gasteiger partial charge in [0.15, 0.2) is 0 Å². The third-order valence-electron chi connectivity index (χ3n) is 2.14. The Morgan fingerprint density at radius 1 is 1.59 bits per heavy atom. The molecular formula is C11H14N2O4. The number of rotatable bonds is 6. The third-order valence-corrected chi connectivity index (χ3v) is 2.14. The summed E-state index contributed by atoms with van der Waals surface area (Å²) < 4.78 is 4.78. The standard InChI is InChI=1S/C11H14N2O4/c1-17-6-4-9(11(15)16)13-10(14)8-3-2-5-12-7-8/h2-3,5,7,9H,4,6H2,1H3,(H,13,14)(H,15,16). The molecule has 0 radical (unpaired) electrons. The number of carbonyl (C=O) groups is 2. The summed E-state index contributed by atoms with van der Waals surface area (Å²) >= 11 is 0. The molecule has 92 valence electrons. The zero-order valence-corrected chi connectivity index (χ0v) is 9.42. The van der Waals surface area contributed by atoms with Crippen molar-refractivity contribution in [2.45, 2.75) is 12.5 Å². The van der Waals surface area contributed by atoms with Crippen LogP contribution in [0.3, 0.4) is 0 Å². The number of hydrogen-bond donors (Lipinski definition) is 2. The van der Waals surface area contributed by atoms with Crippen LogP contribution < -0.4 is 5.32 Å². The summed E-state index contributed by atoms with van der Waals surface area (Å²) in [4.78, 5) is 26.3. The lowest BCUT2D eigenvalue weighted by atomic mass is 10.2. The third kappa shape index (κ3) is 4.20. The van der Waals surface area contributed by atoms with Crippen LogP contribution in [0.2, 0.25) is 0 Å². The number of aliphatic carboxylic acids is 1. The Morgan fingerprint density at radius 3 is 2.88 bits per heavy atom. The van der Waals surface area contributed by atoms with E-state index in [9.17, 15) is 9.59 Å². The number of nitrogens with one attached hydrogen (secondary N) is 1. The summed E-state index contributed by atoms with van der Waals surface area (Å²) in [5.41, 5.74) is 0.330. The largest absolute Gasteiger partial charge is 0.480 e. The minimum Gasteiger partial charge on any atom is -0.480 e. The number of carboxylic acids is 1. The van der Waals surface area contributed by atoms with Gasteiger partial charge in [-0.3, -0.25) is 9.78 Å². The molecule has 0 aliphatic rings. The molecule has 0 saturated carbocycles. The van der Waals surface area contributed by atoms with Crippen molar-refractivity contribution in [3.05, 3.63) is 30.1 Å². The van der Waals surface area contributed by atoms with Crippen molar-refractivity contribution in [2.24, 2.45) is 0 Å². The highest BCUT2D eigenvalue weighted by atomic mass is 16.5. The molecule has 0 aromatic carbocycles. The maximum absolute atomic E-state index is 11.7. The number of pyridine rings is 1. The van der Waals surface area contributed by atoms with Crippen molar-refractivity contribution < 1.29 is 19.4 Å². The van der Waals surface area contributed by atoms with Gasteiger partial charge in [0.25, 0.3) is 5.91 Å². The van der Waals surface area contributed by atoms with E-state index in [1.807, 2.05) is 0 Å². The number of methoxy groups -OCH3 is 1. The first kappa shape index (κ1) is 13.1. The van der Waals surface area contributed by atoms with Crippen LogP contribution in [0, 0.1) is 0 Å². The van der Waals surface area contributed by atoms with Gasteiger partial charge in [0, 0.05) is 32.5 Å². The van der Waals surface area contributed by atoms with Crippen LogP contribution in [-0.2, 0) is 9.53 Å². The van der Waals surface area contributed by atoms with Gasteiger partial charge in [0.2, 0.25) is 0 Å². The van der Waals surface area contributed by atoms with E-state index in [0.717, 1.165) is 0 Å². The summed E-state index contributed by atoms with van der Waals surface area (Å²) in [6.07, 6.45) is 3.14. The zero-order chi connectivity index (χ0) is 12.7. The van der Waals surface area contributed by atoms with Gasteiger partial charge in [-0.1, -0.05) is 0 Å². The lowest BCUT2D eigenvalue weighted by Crippen LogP contribution is -2.41. The van der Waals surface area contributed by atoms with Crippen LogP contribution in [0.1, 0.15) is 16.8 Å². The summed E-state index contributed by atoms with van der Waals surface area (Å²) in [6, 6.07) is 2.22. The molecule has 0 aliphatic heterocycles. The second-order valence-corrected chi connectivity index (χ2v) is 3.39. The number of carboxylic acid groups (broad SMARTS) is 1. The molecule has 0 spiro atoms. The molecule has 1 aromatic heterocycles. The predicted molar refractivity (Wildman–Crippen MR) is 59.6 cm³/mol. The quantitative estimate of drug-likeness (QED) is 0.744. The molecule has 0 aliphatic carbocycles. The van der Waals surface area contributed by atoms with Gasteiger partial charge in [-0.05, 0) is 12.1 Å². The van der Waals surface area contributed by atoms with Gasteiger partial charge in [-0.15, -0.1) is 0 Å². The Labute approximate surface area is 98.6 Å². The van der Waals surface area contributed by atoms with Gasteiger partial charge in [-0.2, -0.15) is 0 Å². The summed E-state index contributed by atoms with van der Waals surface area (Å²) in [6.45, 7) is 0.268. The lowest BCUT2D eigenvalue weighted by Gasteiger charge is -2.13. The van der Waals surface area contributed by atoms with Crippen LogP contribution in [0.5, 0.6) is 0 Å². The highest BCUT2D eigenvalue weighted by molar-refractivity contribution is 5.96. The second kappa shape index (κ2) is 6.59. The number of nitrogens with zero attached hydrogens (tertiary/aromatic N) is 1. The molecule has 1 heterocycles. The van der Waals surface area contributed by atoms with Crippen LogP contribution in [0.4, 0.5) is 0 Å². The van der Waals surface area contributed by atoms with Gasteiger partial charge < -0.3 is 15.2 Å². The zero-order valence-electron chi connectivity index (χ0n) is 9.42. The van der Waals surface area contributed by atoms with Crippen LogP contribution in [-0.4, -0.2) is 41.7 Å². The van der Waals surface area contributed by atoms with E-state index in [1.165, 1.54) is 19.5 Å². The molecule has 0 saturated heterocycles. The van der Waals surface area contributed by atoms with Gasteiger partial charge >= 0.3 is 5.97 Å². The van der Waals surface area contributed by atoms with Crippen LogP contribution in [0.15, 0.2) is 24.5 Å². The van der Waals surface area contributed by atoms with Crippen molar-refractivity contribution >= 4 is 11.9 Å². The van der Waals surface area contributed by atoms with Gasteiger partial charge in [-0.25, -0.2) is 4.79 Å². The fourth-order valence-corrected chi connectivity index (χ4v) is 1.23. The molecule has 6 nitrogen and oxygen atoms in total. The summed E-state index contributed by atoms with van der Waals surface area (Å²) in [5, 5.41) is 11.3. The molecule has 1 amide bonds. The Bertz CT molecular complexity index is 380. The van der Waals surface area contributed by atoms with E-state index < -0.39 is 17.9 Å². The second-order valence-electron chi connectivity index (χ2n) is 3.39. The van der Waals surface area contributed by atoms with Crippen molar-refractivity contribution in [2.75, 3.05) is 13.7 Å². The SMILES string of the molecule is COCCC(NC(=O)c1cccnc1)C(=O)O. The first-order chi connectivity index (χ1) is 8.15. The van der Waals surface area contributed by atoms with E-state index in [0.29, 0.717) is 5.56 Å². The van der Waals surface area contributed by atoms with E-state index in [2.05, 4.69) is 10.3 Å². The molecule has 1 unspecified atom stereocenters. The van der Waals surface area contributed by atoms with Crippen molar-refractivity contribution in [3.63, 3.8) is 0 Å². The fourth-order valence-electron chi connectivity index (χ4n) is 1.23. The maximum Gasteiger partial charge on any atom is 0.326 e. The molecule has 2 N–H and O–H groups in total. The van der Waals surface area contributed by atoms with Crippen molar-refractivity contribution in [1.29, 1.82) is 0 Å². The number of aromatic nitrogens is 1. The Morgan fingerprint density at radius 2 is 2.35 bits per heavy atom.